The molecule has 0 N–H and O–H groups in total. The van der Waals surface area contributed by atoms with Gasteiger partial charge in [-0.15, -0.1) is 11.6 Å². The zero-order valence-corrected chi connectivity index (χ0v) is 12.1. The van der Waals surface area contributed by atoms with Gasteiger partial charge in [0.1, 0.15) is 16.9 Å². The van der Waals surface area contributed by atoms with Gasteiger partial charge in [0.15, 0.2) is 0 Å². The van der Waals surface area contributed by atoms with E-state index in [0.717, 1.165) is 17.9 Å². The first kappa shape index (κ1) is 14.6. The lowest BCUT2D eigenvalue weighted by Gasteiger charge is -2.06. The van der Waals surface area contributed by atoms with Crippen LogP contribution in [0.2, 0.25) is 0 Å². The standard InChI is InChI=1S/C13H11ClO5S/c1-9-2-4-11(5-3-9)20(16,17)19-13-8-18-10(7-14)6-12(13)15/h2-6,8H,7H2,1H3. The second kappa shape index (κ2) is 5.68. The van der Waals surface area contributed by atoms with Gasteiger partial charge in [0, 0.05) is 6.07 Å². The molecule has 2 rings (SSSR count). The number of rotatable bonds is 4. The Kier molecular flexibility index (Phi) is 4.15. The zero-order chi connectivity index (χ0) is 14.8. The molecule has 0 unspecified atom stereocenters. The van der Waals surface area contributed by atoms with Gasteiger partial charge in [-0.3, -0.25) is 4.79 Å². The monoisotopic (exact) mass is 314 g/mol. The van der Waals surface area contributed by atoms with Crippen molar-refractivity contribution < 1.29 is 17.0 Å². The van der Waals surface area contributed by atoms with Crippen LogP contribution >= 0.6 is 11.6 Å². The maximum Gasteiger partial charge on any atom is 0.339 e. The van der Waals surface area contributed by atoms with Crippen molar-refractivity contribution in [2.24, 2.45) is 0 Å². The van der Waals surface area contributed by atoms with E-state index >= 15 is 0 Å². The molecule has 1 aromatic carbocycles. The third kappa shape index (κ3) is 3.20. The Morgan fingerprint density at radius 1 is 1.25 bits per heavy atom. The minimum atomic E-state index is -4.07. The van der Waals surface area contributed by atoms with Gasteiger partial charge in [-0.05, 0) is 19.1 Å². The highest BCUT2D eigenvalue weighted by Crippen LogP contribution is 2.16. The van der Waals surface area contributed by atoms with Crippen LogP contribution in [-0.2, 0) is 16.0 Å². The third-order valence-electron chi connectivity index (χ3n) is 2.49. The van der Waals surface area contributed by atoms with Gasteiger partial charge >= 0.3 is 10.1 Å². The molecule has 0 radical (unpaired) electrons. The third-order valence-corrected chi connectivity index (χ3v) is 4.01. The summed E-state index contributed by atoms with van der Waals surface area (Å²) < 4.78 is 33.7. The fourth-order valence-electron chi connectivity index (χ4n) is 1.44. The molecule has 1 aromatic heterocycles. The first-order chi connectivity index (χ1) is 9.42. The highest BCUT2D eigenvalue weighted by molar-refractivity contribution is 7.87. The molecule has 0 atom stereocenters. The van der Waals surface area contributed by atoms with Crippen LogP contribution in [0.25, 0.3) is 0 Å². The predicted octanol–water partition coefficient (Wildman–Crippen LogP) is 2.45. The Morgan fingerprint density at radius 3 is 2.45 bits per heavy atom. The maximum atomic E-state index is 12.0. The molecule has 0 saturated heterocycles. The summed E-state index contributed by atoms with van der Waals surface area (Å²) in [4.78, 5) is 11.6. The normalized spacial score (nSPS) is 11.3. The van der Waals surface area contributed by atoms with Crippen molar-refractivity contribution in [2.45, 2.75) is 17.7 Å². The summed E-state index contributed by atoms with van der Waals surface area (Å²) in [7, 11) is -4.07. The van der Waals surface area contributed by atoms with Crippen LogP contribution in [0.3, 0.4) is 0 Å². The second-order valence-corrected chi connectivity index (χ2v) is 5.87. The maximum absolute atomic E-state index is 12.0. The molecule has 0 aliphatic heterocycles. The summed E-state index contributed by atoms with van der Waals surface area (Å²) in [6.45, 7) is 1.83. The van der Waals surface area contributed by atoms with Crippen LogP contribution in [-0.4, -0.2) is 8.42 Å². The largest absolute Gasteiger partial charge is 0.464 e. The molecule has 0 amide bonds. The first-order valence-corrected chi connectivity index (χ1v) is 7.55. The van der Waals surface area contributed by atoms with E-state index in [9.17, 15) is 13.2 Å². The average molecular weight is 315 g/mol. The Labute approximate surface area is 120 Å². The smallest absolute Gasteiger partial charge is 0.339 e. The molecule has 0 spiro atoms. The van der Waals surface area contributed by atoms with Gasteiger partial charge in [0.05, 0.1) is 5.88 Å². The number of aryl methyl sites for hydroxylation is 1. The van der Waals surface area contributed by atoms with Gasteiger partial charge in [-0.1, -0.05) is 17.7 Å². The minimum absolute atomic E-state index is 0.0141. The van der Waals surface area contributed by atoms with Crippen molar-refractivity contribution in [1.29, 1.82) is 0 Å². The van der Waals surface area contributed by atoms with Gasteiger partial charge < -0.3 is 8.60 Å². The SMILES string of the molecule is Cc1ccc(S(=O)(=O)Oc2coc(CCl)cc2=O)cc1. The van der Waals surface area contributed by atoms with Crippen molar-refractivity contribution in [3.05, 3.63) is 58.1 Å². The molecule has 2 aromatic rings. The molecule has 20 heavy (non-hydrogen) atoms. The molecule has 0 aliphatic carbocycles. The summed E-state index contributed by atoms with van der Waals surface area (Å²) in [5, 5.41) is 0. The molecule has 0 saturated carbocycles. The Balaban J connectivity index is 2.33. The van der Waals surface area contributed by atoms with E-state index in [1.807, 2.05) is 6.92 Å². The lowest BCUT2D eigenvalue weighted by Crippen LogP contribution is -2.15. The summed E-state index contributed by atoms with van der Waals surface area (Å²) >= 11 is 5.50. The molecule has 0 bridgehead atoms. The van der Waals surface area contributed by atoms with Crippen LogP contribution in [0.5, 0.6) is 5.75 Å². The van der Waals surface area contributed by atoms with Crippen molar-refractivity contribution in [3.63, 3.8) is 0 Å². The predicted molar refractivity (Wildman–Crippen MR) is 73.5 cm³/mol. The molecule has 106 valence electrons. The zero-order valence-electron chi connectivity index (χ0n) is 10.5. The summed E-state index contributed by atoms with van der Waals surface area (Å²) in [6.07, 6.45) is 0.936. The van der Waals surface area contributed by atoms with E-state index in [2.05, 4.69) is 0 Å². The van der Waals surface area contributed by atoms with Crippen LogP contribution in [0.4, 0.5) is 0 Å². The lowest BCUT2D eigenvalue weighted by molar-refractivity contribution is 0.445. The number of halogens is 1. The lowest BCUT2D eigenvalue weighted by atomic mass is 10.2. The quantitative estimate of drug-likeness (QED) is 0.640. The highest BCUT2D eigenvalue weighted by atomic mass is 35.5. The summed E-state index contributed by atoms with van der Waals surface area (Å²) in [5.74, 6) is -0.156. The molecule has 7 heteroatoms. The number of alkyl halides is 1. The minimum Gasteiger partial charge on any atom is -0.464 e. The molecule has 5 nitrogen and oxygen atoms in total. The van der Waals surface area contributed by atoms with Crippen LogP contribution in [0.15, 0.2) is 50.7 Å². The first-order valence-electron chi connectivity index (χ1n) is 5.61. The summed E-state index contributed by atoms with van der Waals surface area (Å²) in [5.41, 5.74) is 0.303. The Bertz CT molecular complexity index is 762. The van der Waals surface area contributed by atoms with Gasteiger partial charge in [0.2, 0.25) is 11.2 Å². The molecule has 1 heterocycles. The molecular formula is C13H11ClO5S. The van der Waals surface area contributed by atoms with Crippen molar-refractivity contribution >= 4 is 21.7 Å². The van der Waals surface area contributed by atoms with Crippen molar-refractivity contribution in [2.75, 3.05) is 0 Å². The van der Waals surface area contributed by atoms with Crippen LogP contribution in [0.1, 0.15) is 11.3 Å². The van der Waals surface area contributed by atoms with E-state index in [-0.39, 0.29) is 16.5 Å². The van der Waals surface area contributed by atoms with E-state index in [1.165, 1.54) is 12.1 Å². The molecular weight excluding hydrogens is 304 g/mol. The van der Waals surface area contributed by atoms with Crippen LogP contribution < -0.4 is 9.61 Å². The Hall–Kier alpha value is -1.79. The average Bonchev–Trinajstić information content (AvgIpc) is 2.41. The fourth-order valence-corrected chi connectivity index (χ4v) is 2.50. The van der Waals surface area contributed by atoms with Crippen molar-refractivity contribution in [3.8, 4) is 5.75 Å². The van der Waals surface area contributed by atoms with Gasteiger partial charge in [-0.2, -0.15) is 8.42 Å². The van der Waals surface area contributed by atoms with E-state index in [0.29, 0.717) is 0 Å². The van der Waals surface area contributed by atoms with E-state index in [1.54, 1.807) is 12.1 Å². The van der Waals surface area contributed by atoms with E-state index in [4.69, 9.17) is 20.2 Å². The number of hydrogen-bond acceptors (Lipinski definition) is 5. The molecule has 0 fully saturated rings. The van der Waals surface area contributed by atoms with Gasteiger partial charge in [-0.25, -0.2) is 0 Å². The summed E-state index contributed by atoms with van der Waals surface area (Å²) in [6, 6.07) is 7.16. The topological polar surface area (TPSA) is 73.6 Å². The number of benzene rings is 1. The molecule has 0 aliphatic rings. The fraction of sp³-hybridized carbons (Fsp3) is 0.154. The van der Waals surface area contributed by atoms with Crippen LogP contribution in [0, 0.1) is 6.92 Å². The van der Waals surface area contributed by atoms with Crippen molar-refractivity contribution in [1.82, 2.24) is 0 Å². The van der Waals surface area contributed by atoms with E-state index < -0.39 is 21.3 Å². The second-order valence-electron chi connectivity index (χ2n) is 4.06. The van der Waals surface area contributed by atoms with Gasteiger partial charge in [0.25, 0.3) is 0 Å². The highest BCUT2D eigenvalue weighted by Gasteiger charge is 2.18. The number of hydrogen-bond donors (Lipinski definition) is 0. The Morgan fingerprint density at radius 2 is 1.90 bits per heavy atom.